The normalized spacial score (nSPS) is 12.0. The van der Waals surface area contributed by atoms with E-state index in [0.29, 0.717) is 5.65 Å². The third-order valence-corrected chi connectivity index (χ3v) is 4.23. The zero-order chi connectivity index (χ0) is 12.5. The summed E-state index contributed by atoms with van der Waals surface area (Å²) in [6.07, 6.45) is 3.47. The fourth-order valence-corrected chi connectivity index (χ4v) is 2.73. The van der Waals surface area contributed by atoms with Gasteiger partial charge in [0.25, 0.3) is 0 Å². The Bertz CT molecular complexity index is 526. The van der Waals surface area contributed by atoms with Crippen molar-refractivity contribution in [2.24, 2.45) is 0 Å². The summed E-state index contributed by atoms with van der Waals surface area (Å²) in [4.78, 5) is 12.7. The van der Waals surface area contributed by atoms with Gasteiger partial charge in [-0.05, 0) is 20.1 Å². The van der Waals surface area contributed by atoms with E-state index in [-0.39, 0.29) is 6.61 Å². The molecule has 0 aromatic carbocycles. The number of rotatable bonds is 4. The van der Waals surface area contributed by atoms with Gasteiger partial charge in [-0.3, -0.25) is 0 Å². The highest BCUT2D eigenvalue weighted by Crippen LogP contribution is 2.31. The summed E-state index contributed by atoms with van der Waals surface area (Å²) in [5.74, 6) is 0.729. The summed E-state index contributed by atoms with van der Waals surface area (Å²) in [6.45, 7) is 3.86. The van der Waals surface area contributed by atoms with Crippen LogP contribution in [0.3, 0.4) is 0 Å². The lowest BCUT2D eigenvalue weighted by atomic mass is 10.1. The number of nitrogens with one attached hydrogen (secondary N) is 1. The van der Waals surface area contributed by atoms with Crippen molar-refractivity contribution in [1.29, 1.82) is 0 Å². The summed E-state index contributed by atoms with van der Waals surface area (Å²) in [7, 11) is 0. The number of thioether (sulfide) groups is 1. The molecule has 0 saturated heterocycles. The van der Waals surface area contributed by atoms with Gasteiger partial charge in [0.05, 0.1) is 12.1 Å². The van der Waals surface area contributed by atoms with Crippen LogP contribution in [0.25, 0.3) is 10.3 Å². The fraction of sp³-hybridized carbons (Fsp3) is 0.500. The van der Waals surface area contributed by atoms with Crippen LogP contribution in [0.1, 0.15) is 13.8 Å². The Balaban J connectivity index is 2.43. The van der Waals surface area contributed by atoms with Crippen LogP contribution in [-0.2, 0) is 0 Å². The van der Waals surface area contributed by atoms with Crippen LogP contribution in [-0.4, -0.2) is 38.5 Å². The SMILES string of the molecule is CSc1nc2ncnc(NC(C)(C)CO)c2s1. The van der Waals surface area contributed by atoms with Crippen molar-refractivity contribution >= 4 is 39.3 Å². The lowest BCUT2D eigenvalue weighted by Crippen LogP contribution is -2.35. The number of hydrogen-bond donors (Lipinski definition) is 2. The molecular formula is C10H14N4OS2. The number of hydrogen-bond acceptors (Lipinski definition) is 7. The molecule has 0 saturated carbocycles. The number of aromatic nitrogens is 3. The average Bonchev–Trinajstić information content (AvgIpc) is 2.73. The van der Waals surface area contributed by atoms with Crippen LogP contribution in [0, 0.1) is 0 Å². The van der Waals surface area contributed by atoms with E-state index in [1.54, 1.807) is 23.1 Å². The quantitative estimate of drug-likeness (QED) is 0.828. The average molecular weight is 270 g/mol. The topological polar surface area (TPSA) is 70.9 Å². The van der Waals surface area contributed by atoms with E-state index in [1.165, 1.54) is 6.33 Å². The molecule has 17 heavy (non-hydrogen) atoms. The Morgan fingerprint density at radius 3 is 2.88 bits per heavy atom. The van der Waals surface area contributed by atoms with Crippen molar-refractivity contribution in [2.45, 2.75) is 23.7 Å². The number of anilines is 1. The number of aliphatic hydroxyl groups is 1. The molecule has 0 atom stereocenters. The summed E-state index contributed by atoms with van der Waals surface area (Å²) in [5.41, 5.74) is 0.288. The molecule has 2 aromatic rings. The third kappa shape index (κ3) is 2.67. The number of aliphatic hydroxyl groups excluding tert-OH is 1. The van der Waals surface area contributed by atoms with E-state index in [0.717, 1.165) is 14.9 Å². The van der Waals surface area contributed by atoms with Crippen LogP contribution >= 0.6 is 23.1 Å². The van der Waals surface area contributed by atoms with Gasteiger partial charge in [-0.2, -0.15) is 0 Å². The highest BCUT2D eigenvalue weighted by atomic mass is 32.2. The van der Waals surface area contributed by atoms with Gasteiger partial charge in [-0.15, -0.1) is 11.3 Å². The molecule has 0 unspecified atom stereocenters. The second kappa shape index (κ2) is 4.75. The molecule has 7 heteroatoms. The van der Waals surface area contributed by atoms with Crippen LogP contribution < -0.4 is 5.32 Å². The molecule has 0 fully saturated rings. The van der Waals surface area contributed by atoms with Gasteiger partial charge in [0.2, 0.25) is 0 Å². The summed E-state index contributed by atoms with van der Waals surface area (Å²) in [6, 6.07) is 0. The molecular weight excluding hydrogens is 256 g/mol. The van der Waals surface area contributed by atoms with Gasteiger partial charge >= 0.3 is 0 Å². The Kier molecular flexibility index (Phi) is 3.50. The highest BCUT2D eigenvalue weighted by Gasteiger charge is 2.19. The third-order valence-electron chi connectivity index (χ3n) is 2.20. The summed E-state index contributed by atoms with van der Waals surface area (Å²) >= 11 is 3.15. The molecule has 0 spiro atoms. The maximum atomic E-state index is 9.26. The second-order valence-corrected chi connectivity index (χ2v) is 6.28. The molecule has 0 bridgehead atoms. The summed E-state index contributed by atoms with van der Waals surface area (Å²) in [5, 5.41) is 12.5. The van der Waals surface area contributed by atoms with Crippen LogP contribution in [0.15, 0.2) is 10.7 Å². The first-order valence-electron chi connectivity index (χ1n) is 5.10. The van der Waals surface area contributed by atoms with E-state index in [4.69, 9.17) is 0 Å². The minimum Gasteiger partial charge on any atom is -0.394 e. The van der Waals surface area contributed by atoms with Crippen LogP contribution in [0.4, 0.5) is 5.82 Å². The lowest BCUT2D eigenvalue weighted by Gasteiger charge is -2.23. The first kappa shape index (κ1) is 12.5. The molecule has 2 rings (SSSR count). The van der Waals surface area contributed by atoms with Gasteiger partial charge < -0.3 is 10.4 Å². The predicted octanol–water partition coefficient (Wildman–Crippen LogP) is 1.99. The van der Waals surface area contributed by atoms with E-state index in [9.17, 15) is 5.11 Å². The Hall–Kier alpha value is -0.920. The van der Waals surface area contributed by atoms with E-state index < -0.39 is 5.54 Å². The first-order chi connectivity index (χ1) is 8.05. The molecule has 0 aliphatic heterocycles. The van der Waals surface area contributed by atoms with Gasteiger partial charge in [-0.1, -0.05) is 11.8 Å². The van der Waals surface area contributed by atoms with Crippen molar-refractivity contribution in [1.82, 2.24) is 15.0 Å². The minimum absolute atomic E-state index is 0.0344. The Morgan fingerprint density at radius 2 is 2.24 bits per heavy atom. The van der Waals surface area contributed by atoms with Crippen molar-refractivity contribution < 1.29 is 5.11 Å². The van der Waals surface area contributed by atoms with Crippen molar-refractivity contribution in [2.75, 3.05) is 18.2 Å². The van der Waals surface area contributed by atoms with Gasteiger partial charge in [0, 0.05) is 0 Å². The molecule has 0 aliphatic rings. The monoisotopic (exact) mass is 270 g/mol. The Morgan fingerprint density at radius 1 is 1.47 bits per heavy atom. The van der Waals surface area contributed by atoms with E-state index in [1.807, 2.05) is 20.1 Å². The van der Waals surface area contributed by atoms with Gasteiger partial charge in [0.1, 0.15) is 16.8 Å². The molecule has 5 nitrogen and oxygen atoms in total. The predicted molar refractivity (Wildman–Crippen MR) is 71.8 cm³/mol. The fourth-order valence-electron chi connectivity index (χ4n) is 1.27. The highest BCUT2D eigenvalue weighted by molar-refractivity contribution is 8.00. The first-order valence-corrected chi connectivity index (χ1v) is 7.14. The zero-order valence-corrected chi connectivity index (χ0v) is 11.5. The second-order valence-electron chi connectivity index (χ2n) is 4.23. The Labute approximate surface area is 108 Å². The summed E-state index contributed by atoms with van der Waals surface area (Å²) < 4.78 is 1.89. The molecule has 2 N–H and O–H groups in total. The zero-order valence-electron chi connectivity index (χ0n) is 9.89. The number of fused-ring (bicyclic) bond motifs is 1. The maximum Gasteiger partial charge on any atom is 0.176 e. The molecule has 0 amide bonds. The van der Waals surface area contributed by atoms with Gasteiger partial charge in [0.15, 0.2) is 9.99 Å². The molecule has 2 aromatic heterocycles. The standard InChI is InChI=1S/C10H14N4OS2/c1-10(2,4-15)14-8-6-7(11-5-12-8)13-9(16-3)17-6/h5,15H,4H2,1-3H3,(H,11,12,14). The van der Waals surface area contributed by atoms with Crippen LogP contribution in [0.5, 0.6) is 0 Å². The molecule has 0 radical (unpaired) electrons. The van der Waals surface area contributed by atoms with Crippen molar-refractivity contribution in [3.63, 3.8) is 0 Å². The smallest absolute Gasteiger partial charge is 0.176 e. The molecule has 0 aliphatic carbocycles. The van der Waals surface area contributed by atoms with Crippen LogP contribution in [0.2, 0.25) is 0 Å². The van der Waals surface area contributed by atoms with Crippen molar-refractivity contribution in [3.05, 3.63) is 6.33 Å². The van der Waals surface area contributed by atoms with Crippen molar-refractivity contribution in [3.8, 4) is 0 Å². The largest absolute Gasteiger partial charge is 0.394 e. The maximum absolute atomic E-state index is 9.26. The minimum atomic E-state index is -0.412. The number of nitrogens with zero attached hydrogens (tertiary/aromatic N) is 3. The van der Waals surface area contributed by atoms with Gasteiger partial charge in [-0.25, -0.2) is 15.0 Å². The number of thiazole rings is 1. The molecule has 92 valence electrons. The van der Waals surface area contributed by atoms with E-state index in [2.05, 4.69) is 20.3 Å². The molecule has 2 heterocycles. The lowest BCUT2D eigenvalue weighted by molar-refractivity contribution is 0.234. The van der Waals surface area contributed by atoms with E-state index >= 15 is 0 Å².